The van der Waals surface area contributed by atoms with Crippen LogP contribution in [0.5, 0.6) is 0 Å². The summed E-state index contributed by atoms with van der Waals surface area (Å²) >= 11 is 0. The molecule has 0 bridgehead atoms. The summed E-state index contributed by atoms with van der Waals surface area (Å²) in [5.41, 5.74) is 5.02. The average Bonchev–Trinajstić information content (AvgIpc) is 3.20. The van der Waals surface area contributed by atoms with Gasteiger partial charge in [-0.2, -0.15) is 4.31 Å². The molecule has 0 radical (unpaired) electrons. The highest BCUT2D eigenvalue weighted by Gasteiger charge is 2.30. The summed E-state index contributed by atoms with van der Waals surface area (Å²) in [4.78, 5) is 13.8. The van der Waals surface area contributed by atoms with Gasteiger partial charge in [0.2, 0.25) is 10.0 Å². The van der Waals surface area contributed by atoms with E-state index in [9.17, 15) is 13.2 Å². The lowest BCUT2D eigenvalue weighted by Crippen LogP contribution is -3.13. The van der Waals surface area contributed by atoms with E-state index in [1.807, 2.05) is 25.1 Å². The van der Waals surface area contributed by atoms with E-state index in [1.54, 1.807) is 22.5 Å². The highest BCUT2D eigenvalue weighted by molar-refractivity contribution is 7.89. The minimum absolute atomic E-state index is 0.319. The smallest absolute Gasteiger partial charge is 0.336 e. The van der Waals surface area contributed by atoms with Gasteiger partial charge >= 0.3 is 5.63 Å². The third kappa shape index (κ3) is 3.93. The summed E-state index contributed by atoms with van der Waals surface area (Å²) in [7, 11) is -3.47. The van der Waals surface area contributed by atoms with Crippen molar-refractivity contribution in [3.8, 4) is 0 Å². The highest BCUT2D eigenvalue weighted by Crippen LogP contribution is 2.28. The predicted octanol–water partition coefficient (Wildman–Crippen LogP) is 1.68. The fraction of sp³-hybridized carbons (Fsp3) is 0.375. The molecule has 1 fully saturated rings. The van der Waals surface area contributed by atoms with Gasteiger partial charge in [-0.1, -0.05) is 17.7 Å². The zero-order valence-electron chi connectivity index (χ0n) is 17.7. The Morgan fingerprint density at radius 1 is 1.00 bits per heavy atom. The van der Waals surface area contributed by atoms with Gasteiger partial charge in [0.05, 0.1) is 31.1 Å². The maximum absolute atomic E-state index is 13.0. The number of nitrogens with zero attached hydrogens (tertiary/aromatic N) is 1. The largest absolute Gasteiger partial charge is 0.423 e. The number of hydrogen-bond acceptors (Lipinski definition) is 4. The van der Waals surface area contributed by atoms with Crippen LogP contribution in [0.25, 0.3) is 11.0 Å². The molecule has 3 aromatic rings. The Bertz CT molecular complexity index is 1290. The van der Waals surface area contributed by atoms with Gasteiger partial charge in [0, 0.05) is 17.0 Å². The molecule has 6 nitrogen and oxygen atoms in total. The van der Waals surface area contributed by atoms with Crippen molar-refractivity contribution < 1.29 is 17.7 Å². The Balaban J connectivity index is 1.33. The molecular weight excluding hydrogens is 412 g/mol. The first kappa shape index (κ1) is 20.4. The van der Waals surface area contributed by atoms with E-state index in [1.165, 1.54) is 16.0 Å². The Labute approximate surface area is 182 Å². The summed E-state index contributed by atoms with van der Waals surface area (Å²) in [5.74, 6) is 0. The molecule has 0 unspecified atom stereocenters. The molecule has 5 rings (SSSR count). The molecule has 31 heavy (non-hydrogen) atoms. The van der Waals surface area contributed by atoms with Gasteiger partial charge in [-0.25, -0.2) is 13.2 Å². The molecule has 1 aliphatic carbocycles. The average molecular weight is 440 g/mol. The van der Waals surface area contributed by atoms with Gasteiger partial charge in [-0.05, 0) is 61.6 Å². The lowest BCUT2D eigenvalue weighted by atomic mass is 10.0. The summed E-state index contributed by atoms with van der Waals surface area (Å²) in [6, 6.07) is 12.8. The van der Waals surface area contributed by atoms with Crippen LogP contribution >= 0.6 is 0 Å². The molecule has 1 aromatic heterocycles. The van der Waals surface area contributed by atoms with Crippen molar-refractivity contribution in [3.05, 3.63) is 75.1 Å². The molecule has 2 aliphatic rings. The second kappa shape index (κ2) is 7.89. The maximum Gasteiger partial charge on any atom is 0.336 e. The summed E-state index contributed by atoms with van der Waals surface area (Å²) in [5, 5.41) is 1.02. The van der Waals surface area contributed by atoms with E-state index in [4.69, 9.17) is 4.42 Å². The van der Waals surface area contributed by atoms with Crippen LogP contribution < -0.4 is 10.5 Å². The van der Waals surface area contributed by atoms with Gasteiger partial charge in [0.25, 0.3) is 0 Å². The number of hydrogen-bond donors (Lipinski definition) is 1. The number of sulfonamides is 1. The molecule has 0 atom stereocenters. The quantitative estimate of drug-likeness (QED) is 0.628. The number of fused-ring (bicyclic) bond motifs is 2. The van der Waals surface area contributed by atoms with Crippen molar-refractivity contribution in [2.45, 2.75) is 37.6 Å². The number of aryl methyl sites for hydroxylation is 3. The van der Waals surface area contributed by atoms with E-state index in [0.29, 0.717) is 43.2 Å². The van der Waals surface area contributed by atoms with Crippen LogP contribution in [0.3, 0.4) is 0 Å². The molecule has 1 aliphatic heterocycles. The SMILES string of the molecule is Cc1ccc(S(=O)(=O)N2CC[NH+](Cc3cc(=O)oc4cc5c(cc34)CCC5)CC2)cc1. The number of piperazine rings is 1. The maximum atomic E-state index is 13.0. The lowest BCUT2D eigenvalue weighted by molar-refractivity contribution is -0.917. The normalized spacial score (nSPS) is 17.8. The van der Waals surface area contributed by atoms with Crippen molar-refractivity contribution in [3.63, 3.8) is 0 Å². The van der Waals surface area contributed by atoms with Crippen LogP contribution in [0.2, 0.25) is 0 Å². The van der Waals surface area contributed by atoms with Crippen molar-refractivity contribution in [2.24, 2.45) is 0 Å². The second-order valence-corrected chi connectivity index (χ2v) is 10.6. The summed E-state index contributed by atoms with van der Waals surface area (Å²) < 4.78 is 33.0. The van der Waals surface area contributed by atoms with Crippen LogP contribution in [0.4, 0.5) is 0 Å². The first-order chi connectivity index (χ1) is 14.9. The molecule has 1 saturated heterocycles. The van der Waals surface area contributed by atoms with E-state index in [-0.39, 0.29) is 5.63 Å². The third-order valence-corrected chi connectivity index (χ3v) is 8.48. The summed E-state index contributed by atoms with van der Waals surface area (Å²) in [6.45, 7) is 5.00. The Hall–Kier alpha value is -2.48. The van der Waals surface area contributed by atoms with Crippen LogP contribution in [-0.2, 0) is 29.4 Å². The van der Waals surface area contributed by atoms with Crippen molar-refractivity contribution in [2.75, 3.05) is 26.2 Å². The molecule has 0 saturated carbocycles. The minimum atomic E-state index is -3.47. The summed E-state index contributed by atoms with van der Waals surface area (Å²) in [6.07, 6.45) is 3.27. The van der Waals surface area contributed by atoms with E-state index >= 15 is 0 Å². The van der Waals surface area contributed by atoms with E-state index < -0.39 is 10.0 Å². The molecular formula is C24H27N2O4S+. The molecule has 0 amide bonds. The predicted molar refractivity (Wildman–Crippen MR) is 119 cm³/mol. The van der Waals surface area contributed by atoms with Crippen molar-refractivity contribution >= 4 is 21.0 Å². The van der Waals surface area contributed by atoms with E-state index in [0.717, 1.165) is 35.8 Å². The molecule has 2 aromatic carbocycles. The first-order valence-corrected chi connectivity index (χ1v) is 12.3. The Morgan fingerprint density at radius 3 is 2.39 bits per heavy atom. The fourth-order valence-corrected chi connectivity index (χ4v) is 6.23. The van der Waals surface area contributed by atoms with E-state index in [2.05, 4.69) is 6.07 Å². The Kier molecular flexibility index (Phi) is 5.20. The second-order valence-electron chi connectivity index (χ2n) is 8.71. The minimum Gasteiger partial charge on any atom is -0.423 e. The van der Waals surface area contributed by atoms with Crippen molar-refractivity contribution in [1.29, 1.82) is 0 Å². The monoisotopic (exact) mass is 439 g/mol. The van der Waals surface area contributed by atoms with Gasteiger partial charge < -0.3 is 9.32 Å². The number of rotatable bonds is 4. The number of quaternary nitrogens is 1. The highest BCUT2D eigenvalue weighted by atomic mass is 32.2. The molecule has 1 N–H and O–H groups in total. The van der Waals surface area contributed by atoms with Crippen molar-refractivity contribution in [1.82, 2.24) is 4.31 Å². The zero-order valence-corrected chi connectivity index (χ0v) is 18.5. The molecule has 2 heterocycles. The van der Waals surface area contributed by atoms with Crippen LogP contribution in [0.1, 0.15) is 28.7 Å². The van der Waals surface area contributed by atoms with Gasteiger partial charge in [-0.15, -0.1) is 0 Å². The van der Waals surface area contributed by atoms with Crippen LogP contribution in [0, 0.1) is 6.92 Å². The van der Waals surface area contributed by atoms with Gasteiger partial charge in [-0.3, -0.25) is 0 Å². The number of nitrogens with one attached hydrogen (secondary N) is 1. The van der Waals surface area contributed by atoms with Gasteiger partial charge in [0.1, 0.15) is 12.1 Å². The Morgan fingerprint density at radius 2 is 1.68 bits per heavy atom. The standard InChI is InChI=1S/C24H26N2O4S/c1-17-5-7-21(8-6-17)31(28,29)26-11-9-25(10-12-26)16-20-15-24(27)30-23-14-19-4-2-3-18(19)13-22(20)23/h5-8,13-15H,2-4,9-12,16H2,1H3/p+1. The first-order valence-electron chi connectivity index (χ1n) is 10.9. The van der Waals surface area contributed by atoms with Crippen LogP contribution in [-0.4, -0.2) is 38.9 Å². The third-order valence-electron chi connectivity index (χ3n) is 6.57. The number of benzene rings is 2. The molecule has 0 spiro atoms. The lowest BCUT2D eigenvalue weighted by Gasteiger charge is -2.31. The molecule has 162 valence electrons. The molecule has 7 heteroatoms. The van der Waals surface area contributed by atoms with Gasteiger partial charge in [0.15, 0.2) is 0 Å². The fourth-order valence-electron chi connectivity index (χ4n) is 4.79. The zero-order chi connectivity index (χ0) is 21.6. The topological polar surface area (TPSA) is 72.0 Å². The van der Waals surface area contributed by atoms with Crippen LogP contribution in [0.15, 0.2) is 56.6 Å².